The van der Waals surface area contributed by atoms with E-state index in [0.29, 0.717) is 19.4 Å². The molecule has 0 aliphatic carbocycles. The number of aliphatic hydroxyl groups excluding tert-OH is 1. The van der Waals surface area contributed by atoms with Gasteiger partial charge in [0.25, 0.3) is 0 Å². The van der Waals surface area contributed by atoms with Crippen LogP contribution in [0.15, 0.2) is 0 Å². The highest BCUT2D eigenvalue weighted by Crippen LogP contribution is 2.59. The van der Waals surface area contributed by atoms with E-state index in [4.69, 9.17) is 28.2 Å². The SMILES string of the molecule is CC[C@H]1OC(=O)[C@H](C)[C@@H](O[C@H]2C[C@@](C)(OC)C(=O)[C@H](C)O2)[C@H](C)[P@@](O[C@H]2C[C@@H](NC)C[C@@H](C)O2)[C@](C)(O)C[C@@H](C)CN[C@H](C)[C@@H](O)[C@]1(C)O. The number of aliphatic hydroxyl groups is 3. The topological polar surface area (TPSA) is 174 Å². The molecule has 3 saturated heterocycles. The zero-order valence-corrected chi connectivity index (χ0v) is 32.6. The molecular weight excluding hydrogens is 655 g/mol. The zero-order valence-electron chi connectivity index (χ0n) is 31.7. The molecule has 0 unspecified atom stereocenters. The van der Waals surface area contributed by atoms with E-state index in [0.717, 1.165) is 6.42 Å². The van der Waals surface area contributed by atoms with Crippen molar-refractivity contribution in [3.05, 3.63) is 0 Å². The van der Waals surface area contributed by atoms with Gasteiger partial charge in [0.15, 0.2) is 18.4 Å². The van der Waals surface area contributed by atoms with Gasteiger partial charge in [-0.1, -0.05) is 20.8 Å². The molecule has 3 heterocycles. The van der Waals surface area contributed by atoms with E-state index < -0.39 is 85.3 Å². The van der Waals surface area contributed by atoms with Crippen molar-refractivity contribution in [2.75, 3.05) is 20.7 Å². The van der Waals surface area contributed by atoms with Crippen molar-refractivity contribution >= 4 is 19.9 Å². The van der Waals surface area contributed by atoms with Gasteiger partial charge in [0.1, 0.15) is 34.9 Å². The number of esters is 1. The Labute approximate surface area is 294 Å². The first kappa shape index (κ1) is 42.6. The number of carbonyl (C=O) groups is 2. The maximum Gasteiger partial charge on any atom is 0.311 e. The van der Waals surface area contributed by atoms with Gasteiger partial charge in [-0.05, 0) is 87.2 Å². The largest absolute Gasteiger partial charge is 0.459 e. The summed E-state index contributed by atoms with van der Waals surface area (Å²) in [7, 11) is 1.57. The molecule has 13 nitrogen and oxygen atoms in total. The van der Waals surface area contributed by atoms with Gasteiger partial charge in [-0.3, -0.25) is 9.59 Å². The number of Topliss-reactive ketones (excluding diaryl/α,β-unsaturated/α-hetero) is 1. The third-order valence-electron chi connectivity index (χ3n) is 10.7. The van der Waals surface area contributed by atoms with Gasteiger partial charge in [-0.25, -0.2) is 0 Å². The molecular formula is C35H65N2O11P. The van der Waals surface area contributed by atoms with E-state index in [1.807, 2.05) is 27.8 Å². The van der Waals surface area contributed by atoms with Crippen molar-refractivity contribution in [1.82, 2.24) is 10.6 Å². The Bertz CT molecular complexity index is 1100. The second kappa shape index (κ2) is 17.3. The highest BCUT2D eigenvalue weighted by molar-refractivity contribution is 7.54. The third kappa shape index (κ3) is 10.2. The van der Waals surface area contributed by atoms with Gasteiger partial charge in [0.2, 0.25) is 0 Å². The van der Waals surface area contributed by atoms with Crippen LogP contribution >= 0.6 is 8.15 Å². The van der Waals surface area contributed by atoms with E-state index in [-0.39, 0.29) is 36.7 Å². The molecule has 0 saturated carbocycles. The normalized spacial score (nSPS) is 48.3. The summed E-state index contributed by atoms with van der Waals surface area (Å²) in [6.07, 6.45) is -3.63. The van der Waals surface area contributed by atoms with Crippen LogP contribution in [0.1, 0.15) is 101 Å². The number of methoxy groups -OCH3 is 1. The van der Waals surface area contributed by atoms with Crippen molar-refractivity contribution in [3.8, 4) is 0 Å². The van der Waals surface area contributed by atoms with Crippen LogP contribution in [0.5, 0.6) is 0 Å². The standard InChI is InChI=1S/C35H65N2O11P/c1-13-26-35(10,42)30(38)22(5)37-18-19(2)16-34(9,41)49(48-27-15-25(36-11)14-20(3)44-27)24(7)29(21(4)32(40)46-26)47-28-17-33(8,43-12)31(39)23(6)45-28/h19-30,36-38,41-42H,13-18H2,1-12H3/t19-,20-,21-,22-,23+,24+,25+,26-,27+,28+,29-,30-,33-,34+,35-,49-/m1/s1. The second-order valence-corrected chi connectivity index (χ2v) is 18.0. The number of nitrogens with one attached hydrogen (secondary N) is 2. The summed E-state index contributed by atoms with van der Waals surface area (Å²) in [5, 5.41) is 40.4. The van der Waals surface area contributed by atoms with E-state index in [1.165, 1.54) is 14.0 Å². The summed E-state index contributed by atoms with van der Waals surface area (Å²) >= 11 is 0. The molecule has 3 aliphatic heterocycles. The summed E-state index contributed by atoms with van der Waals surface area (Å²) in [4.78, 5) is 27.1. The molecule has 0 aromatic rings. The lowest BCUT2D eigenvalue weighted by molar-refractivity contribution is -0.246. The van der Waals surface area contributed by atoms with Crippen LogP contribution < -0.4 is 10.6 Å². The van der Waals surface area contributed by atoms with Gasteiger partial charge < -0.3 is 54.2 Å². The molecule has 286 valence electrons. The number of hydrogen-bond donors (Lipinski definition) is 5. The molecule has 0 bridgehead atoms. The van der Waals surface area contributed by atoms with E-state index in [2.05, 4.69) is 10.6 Å². The lowest BCUT2D eigenvalue weighted by Crippen LogP contribution is -2.59. The Balaban J connectivity index is 2.11. The van der Waals surface area contributed by atoms with Gasteiger partial charge in [0.05, 0.1) is 26.3 Å². The number of carbonyl (C=O) groups excluding carboxylic acids is 2. The van der Waals surface area contributed by atoms with Crippen LogP contribution in [0.2, 0.25) is 0 Å². The Hall–Kier alpha value is -0.830. The monoisotopic (exact) mass is 720 g/mol. The maximum atomic E-state index is 14.1. The minimum absolute atomic E-state index is 0.0768. The Morgan fingerprint density at radius 2 is 1.65 bits per heavy atom. The highest BCUT2D eigenvalue weighted by atomic mass is 31.1. The molecule has 49 heavy (non-hydrogen) atoms. The third-order valence-corrected chi connectivity index (χ3v) is 13.4. The molecule has 0 radical (unpaired) electrons. The first-order chi connectivity index (χ1) is 22.7. The van der Waals surface area contributed by atoms with E-state index >= 15 is 0 Å². The predicted octanol–water partition coefficient (Wildman–Crippen LogP) is 3.19. The molecule has 14 heteroatoms. The van der Waals surface area contributed by atoms with Crippen molar-refractivity contribution in [2.24, 2.45) is 11.8 Å². The van der Waals surface area contributed by atoms with Crippen molar-refractivity contribution in [3.63, 3.8) is 0 Å². The summed E-state index contributed by atoms with van der Waals surface area (Å²) in [5.41, 5.74) is -3.52. The summed E-state index contributed by atoms with van der Waals surface area (Å²) < 4.78 is 37.4. The Morgan fingerprint density at radius 1 is 1.00 bits per heavy atom. The van der Waals surface area contributed by atoms with Crippen LogP contribution in [-0.2, 0) is 37.8 Å². The molecule has 3 aliphatic rings. The maximum absolute atomic E-state index is 14.1. The smallest absolute Gasteiger partial charge is 0.311 e. The first-order valence-electron chi connectivity index (χ1n) is 18.0. The average molecular weight is 721 g/mol. The number of cyclic esters (lactones) is 1. The van der Waals surface area contributed by atoms with Crippen molar-refractivity contribution < 1.29 is 53.1 Å². The predicted molar refractivity (Wildman–Crippen MR) is 186 cm³/mol. The fraction of sp³-hybridized carbons (Fsp3) is 0.943. The molecule has 5 N–H and O–H groups in total. The molecule has 0 aromatic heterocycles. The summed E-state index contributed by atoms with van der Waals surface area (Å²) in [6.45, 7) is 18.1. The second-order valence-electron chi connectivity index (χ2n) is 15.3. The fourth-order valence-electron chi connectivity index (χ4n) is 7.60. The van der Waals surface area contributed by atoms with E-state index in [1.54, 1.807) is 41.5 Å². The van der Waals surface area contributed by atoms with Crippen LogP contribution in [-0.4, -0.2) is 125 Å². The van der Waals surface area contributed by atoms with Crippen molar-refractivity contribution in [1.29, 1.82) is 0 Å². The number of rotatable bonds is 7. The summed E-state index contributed by atoms with van der Waals surface area (Å²) in [5.74, 6) is -1.88. The Morgan fingerprint density at radius 3 is 2.24 bits per heavy atom. The van der Waals surface area contributed by atoms with Crippen molar-refractivity contribution in [2.45, 2.75) is 179 Å². The molecule has 0 amide bonds. The van der Waals surface area contributed by atoms with E-state index in [9.17, 15) is 24.9 Å². The molecule has 0 aromatic carbocycles. The average Bonchev–Trinajstić information content (AvgIpc) is 3.03. The van der Waals surface area contributed by atoms with Crippen LogP contribution in [0, 0.1) is 11.8 Å². The molecule has 16 atom stereocenters. The minimum Gasteiger partial charge on any atom is -0.459 e. The quantitative estimate of drug-likeness (QED) is 0.192. The Kier molecular flexibility index (Phi) is 15.1. The fourth-order valence-corrected chi connectivity index (χ4v) is 10.4. The van der Waals surface area contributed by atoms with Gasteiger partial charge in [-0.2, -0.15) is 0 Å². The number of hydrogen-bond acceptors (Lipinski definition) is 13. The summed E-state index contributed by atoms with van der Waals surface area (Å²) in [6, 6.07) is -0.395. The number of ketones is 1. The zero-order chi connectivity index (χ0) is 37.1. The van der Waals surface area contributed by atoms with Gasteiger partial charge in [0, 0.05) is 37.7 Å². The highest BCUT2D eigenvalue weighted by Gasteiger charge is 2.51. The lowest BCUT2D eigenvalue weighted by atomic mass is 9.86. The minimum atomic E-state index is -1.81. The van der Waals surface area contributed by atoms with Crippen LogP contribution in [0.4, 0.5) is 0 Å². The molecule has 0 spiro atoms. The molecule has 3 rings (SSSR count). The van der Waals surface area contributed by atoms with Gasteiger partial charge >= 0.3 is 5.97 Å². The van der Waals surface area contributed by atoms with Crippen LogP contribution in [0.25, 0.3) is 0 Å². The number of ether oxygens (including phenoxy) is 5. The van der Waals surface area contributed by atoms with Crippen LogP contribution in [0.3, 0.4) is 0 Å². The lowest BCUT2D eigenvalue weighted by Gasteiger charge is -2.46. The molecule has 3 fully saturated rings. The first-order valence-corrected chi connectivity index (χ1v) is 19.3. The van der Waals surface area contributed by atoms with Gasteiger partial charge in [-0.15, -0.1) is 0 Å².